The quantitative estimate of drug-likeness (QED) is 0.0918. The fraction of sp³-hybridized carbons (Fsp3) is 0.432. The van der Waals surface area contributed by atoms with E-state index in [9.17, 15) is 30.3 Å². The minimum atomic E-state index is -0.887. The van der Waals surface area contributed by atoms with Gasteiger partial charge in [-0.1, -0.05) is 66.6 Å². The van der Waals surface area contributed by atoms with E-state index in [0.29, 0.717) is 54.5 Å². The van der Waals surface area contributed by atoms with Gasteiger partial charge in [0.05, 0.1) is 6.10 Å². The largest absolute Gasteiger partial charge is 0.508 e. The van der Waals surface area contributed by atoms with Crippen molar-refractivity contribution in [3.63, 3.8) is 0 Å². The molecule has 3 unspecified atom stereocenters. The smallest absolute Gasteiger partial charge is 0.238 e. The highest BCUT2D eigenvalue weighted by atomic mass is 33.1. The van der Waals surface area contributed by atoms with E-state index in [1.807, 2.05) is 19.2 Å². The van der Waals surface area contributed by atoms with Gasteiger partial charge in [-0.05, 0) is 67.0 Å². The summed E-state index contributed by atoms with van der Waals surface area (Å²) in [5, 5.41) is 57.3. The molecule has 2 bridgehead atoms. The standard InChI is InChI=1S/C37H45NO8S2/c1-5-29(41)30(10-7-11-39)45-31-16-24(40)17-32-33(31)35(43)36(44)37(46-32)26-15-23(12-20(2)3)34(42)25-14-21-8-6-9-22(13-21)28(38-4)19-48-47-18-27(25)26/h6,8-9,13,15-17,20,28-30,38-42,44H,5,7,10-12,14,18-19H2,1-4H3. The fourth-order valence-electron chi connectivity index (χ4n) is 6.25. The fourth-order valence-corrected chi connectivity index (χ4v) is 8.68. The highest BCUT2D eigenvalue weighted by Gasteiger charge is 2.28. The lowest BCUT2D eigenvalue weighted by molar-refractivity contribution is 0.0262. The number of phenols is 2. The average molecular weight is 696 g/mol. The molecule has 3 atom stereocenters. The summed E-state index contributed by atoms with van der Waals surface area (Å²) in [5.74, 6) is 0.744. The summed E-state index contributed by atoms with van der Waals surface area (Å²) in [7, 11) is 5.26. The van der Waals surface area contributed by atoms with Crippen LogP contribution in [-0.2, 0) is 18.6 Å². The number of hydrogen-bond acceptors (Lipinski definition) is 11. The van der Waals surface area contributed by atoms with Crippen LogP contribution in [0.3, 0.4) is 0 Å². The zero-order chi connectivity index (χ0) is 34.5. The summed E-state index contributed by atoms with van der Waals surface area (Å²) < 4.78 is 12.4. The maximum absolute atomic E-state index is 14.0. The second-order valence-electron chi connectivity index (χ2n) is 12.7. The van der Waals surface area contributed by atoms with Crippen molar-refractivity contribution >= 4 is 32.6 Å². The van der Waals surface area contributed by atoms with Gasteiger partial charge in [0.1, 0.15) is 34.3 Å². The minimum absolute atomic E-state index is 0.00480. The molecule has 1 aliphatic rings. The Bertz CT molecular complexity index is 1810. The van der Waals surface area contributed by atoms with E-state index >= 15 is 0 Å². The topological polar surface area (TPSA) is 153 Å². The summed E-state index contributed by atoms with van der Waals surface area (Å²) >= 11 is 0. The van der Waals surface area contributed by atoms with Crippen molar-refractivity contribution in [1.29, 1.82) is 0 Å². The first-order valence-corrected chi connectivity index (χ1v) is 18.9. The van der Waals surface area contributed by atoms with Crippen LogP contribution in [0.5, 0.6) is 23.0 Å². The first-order chi connectivity index (χ1) is 23.1. The van der Waals surface area contributed by atoms with Crippen LogP contribution in [0.25, 0.3) is 22.3 Å². The highest BCUT2D eigenvalue weighted by molar-refractivity contribution is 8.76. The Morgan fingerprint density at radius 1 is 1.06 bits per heavy atom. The van der Waals surface area contributed by atoms with Gasteiger partial charge in [0.15, 0.2) is 5.76 Å². The third kappa shape index (κ3) is 7.76. The third-order valence-corrected chi connectivity index (χ3v) is 11.1. The maximum Gasteiger partial charge on any atom is 0.238 e. The Labute approximate surface area is 288 Å². The van der Waals surface area contributed by atoms with Crippen molar-refractivity contribution in [2.24, 2.45) is 5.92 Å². The molecule has 1 aliphatic heterocycles. The second kappa shape index (κ2) is 15.9. The number of aliphatic hydroxyl groups is 2. The number of rotatable bonds is 11. The van der Waals surface area contributed by atoms with E-state index in [4.69, 9.17) is 9.15 Å². The number of ether oxygens (including phenoxy) is 1. The van der Waals surface area contributed by atoms with Crippen LogP contribution >= 0.6 is 21.6 Å². The number of aromatic hydroxyl groups is 3. The molecule has 3 aromatic carbocycles. The van der Waals surface area contributed by atoms with E-state index in [0.717, 1.165) is 22.4 Å². The molecule has 4 aromatic rings. The van der Waals surface area contributed by atoms with Crippen LogP contribution in [0.2, 0.25) is 0 Å². The molecule has 2 heterocycles. The van der Waals surface area contributed by atoms with Gasteiger partial charge in [-0.2, -0.15) is 0 Å². The van der Waals surface area contributed by atoms with Crippen LogP contribution in [0.1, 0.15) is 73.9 Å². The predicted octanol–water partition coefficient (Wildman–Crippen LogP) is 6.81. The number of aliphatic hydroxyl groups excluding tert-OH is 2. The summed E-state index contributed by atoms with van der Waals surface area (Å²) in [6, 6.07) is 12.8. The Hall–Kier alpha value is -3.35. The summed E-state index contributed by atoms with van der Waals surface area (Å²) in [5.41, 5.74) is 4.07. The lowest BCUT2D eigenvalue weighted by Crippen LogP contribution is -2.31. The lowest BCUT2D eigenvalue weighted by Gasteiger charge is -2.24. The highest BCUT2D eigenvalue weighted by Crippen LogP contribution is 2.45. The SMILES string of the molecule is CCC(O)C(CCCO)Oc1cc(O)cc2oc(-c3cc(CC(C)C)c(O)c4c3CSSCC(NC)c3cccc(c3)C4)c(O)c(=O)c12. The molecule has 6 N–H and O–H groups in total. The zero-order valence-electron chi connectivity index (χ0n) is 27.8. The van der Waals surface area contributed by atoms with E-state index in [1.54, 1.807) is 34.6 Å². The number of nitrogens with one attached hydrogen (secondary N) is 1. The maximum atomic E-state index is 14.0. The molecule has 0 aliphatic carbocycles. The Morgan fingerprint density at radius 2 is 1.85 bits per heavy atom. The molecule has 0 spiro atoms. The molecule has 0 saturated heterocycles. The zero-order valence-corrected chi connectivity index (χ0v) is 29.4. The lowest BCUT2D eigenvalue weighted by atomic mass is 9.88. The van der Waals surface area contributed by atoms with Crippen LogP contribution in [-0.4, -0.2) is 57.1 Å². The average Bonchev–Trinajstić information content (AvgIpc) is 3.08. The van der Waals surface area contributed by atoms with Crippen LogP contribution in [0.15, 0.2) is 51.7 Å². The molecule has 11 heteroatoms. The Kier molecular flexibility index (Phi) is 11.9. The van der Waals surface area contributed by atoms with Crippen molar-refractivity contribution in [3.8, 4) is 34.3 Å². The normalized spacial score (nSPS) is 16.4. The molecule has 1 aromatic heterocycles. The van der Waals surface area contributed by atoms with Gasteiger partial charge in [-0.15, -0.1) is 0 Å². The van der Waals surface area contributed by atoms with E-state index in [1.165, 1.54) is 12.1 Å². The Balaban J connectivity index is 1.72. The third-order valence-electron chi connectivity index (χ3n) is 8.77. The summed E-state index contributed by atoms with van der Waals surface area (Å²) in [6.45, 7) is 5.81. The molecule has 0 amide bonds. The van der Waals surface area contributed by atoms with E-state index in [-0.39, 0.29) is 52.5 Å². The van der Waals surface area contributed by atoms with E-state index in [2.05, 4.69) is 31.3 Å². The Morgan fingerprint density at radius 3 is 2.56 bits per heavy atom. The molecule has 0 fully saturated rings. The van der Waals surface area contributed by atoms with Crippen molar-refractivity contribution in [1.82, 2.24) is 5.32 Å². The summed E-state index contributed by atoms with van der Waals surface area (Å²) in [4.78, 5) is 14.0. The van der Waals surface area contributed by atoms with Crippen molar-refractivity contribution in [2.45, 2.75) is 76.9 Å². The number of hydrogen-bond donors (Lipinski definition) is 6. The van der Waals surface area contributed by atoms with Gasteiger partial charge < -0.3 is 40.0 Å². The molecule has 258 valence electrons. The molecule has 0 radical (unpaired) electrons. The molecule has 9 nitrogen and oxygen atoms in total. The number of benzene rings is 3. The predicted molar refractivity (Wildman–Crippen MR) is 193 cm³/mol. The van der Waals surface area contributed by atoms with Gasteiger partial charge >= 0.3 is 0 Å². The van der Waals surface area contributed by atoms with Crippen LogP contribution < -0.4 is 15.5 Å². The van der Waals surface area contributed by atoms with Crippen LogP contribution in [0, 0.1) is 5.92 Å². The van der Waals surface area contributed by atoms with E-state index < -0.39 is 23.4 Å². The minimum Gasteiger partial charge on any atom is -0.508 e. The molecular weight excluding hydrogens is 651 g/mol. The van der Waals surface area contributed by atoms with Gasteiger partial charge in [-0.3, -0.25) is 4.79 Å². The van der Waals surface area contributed by atoms with Gasteiger partial charge in [-0.25, -0.2) is 0 Å². The monoisotopic (exact) mass is 695 g/mol. The molecule has 0 saturated carbocycles. The van der Waals surface area contributed by atoms with Gasteiger partial charge in [0.25, 0.3) is 0 Å². The number of phenolic OH excluding ortho intramolecular Hbond substituents is 2. The van der Waals surface area contributed by atoms with Crippen molar-refractivity contribution in [3.05, 3.63) is 80.5 Å². The molecular formula is C37H45NO8S2. The first kappa shape index (κ1) is 35.9. The first-order valence-electron chi connectivity index (χ1n) is 16.4. The van der Waals surface area contributed by atoms with Gasteiger partial charge in [0, 0.05) is 53.8 Å². The van der Waals surface area contributed by atoms with Crippen molar-refractivity contribution in [2.75, 3.05) is 19.4 Å². The molecule has 5 rings (SSSR count). The van der Waals surface area contributed by atoms with Crippen molar-refractivity contribution < 1.29 is 34.7 Å². The van der Waals surface area contributed by atoms with Gasteiger partial charge in [0.2, 0.25) is 11.2 Å². The van der Waals surface area contributed by atoms with Crippen LogP contribution in [0.4, 0.5) is 0 Å². The molecule has 48 heavy (non-hydrogen) atoms. The number of fused-ring (bicyclic) bond motifs is 4. The second-order valence-corrected chi connectivity index (χ2v) is 15.2. The summed E-state index contributed by atoms with van der Waals surface area (Å²) in [6.07, 6.45) is 0.382.